The van der Waals surface area contributed by atoms with E-state index in [1.165, 1.54) is 4.90 Å². The predicted octanol–water partition coefficient (Wildman–Crippen LogP) is 1.08. The number of nitrogens with one attached hydrogen (secondary N) is 1. The van der Waals surface area contributed by atoms with Crippen LogP contribution < -0.4 is 16.8 Å². The van der Waals surface area contributed by atoms with Gasteiger partial charge in [0.25, 0.3) is 0 Å². The fraction of sp³-hybridized carbons (Fsp3) is 0.857. The molecule has 0 aromatic carbocycles. The highest BCUT2D eigenvalue weighted by Gasteiger charge is 2.32. The van der Waals surface area contributed by atoms with E-state index in [0.717, 1.165) is 19.3 Å². The monoisotopic (exact) mass is 320 g/mol. The van der Waals surface area contributed by atoms with Crippen LogP contribution in [0.2, 0.25) is 0 Å². The number of carbonyl (C=O) groups is 2. The molecule has 2 atom stereocenters. The maximum atomic E-state index is 12.4. The van der Waals surface area contributed by atoms with Gasteiger partial charge in [0.05, 0.1) is 5.92 Å². The maximum absolute atomic E-state index is 12.4. The molecule has 1 aliphatic rings. The van der Waals surface area contributed by atoms with E-state index in [-0.39, 0.29) is 29.8 Å². The van der Waals surface area contributed by atoms with E-state index in [9.17, 15) is 9.59 Å². The van der Waals surface area contributed by atoms with E-state index in [1.54, 1.807) is 0 Å². The standard InChI is InChI=1S/C14H28N4O2.ClH/c1-10(2)7-14(3,9-15)17-12(19)11-5-4-6-18(8-11)13(16)20;/h10-11H,4-9,15H2,1-3H3,(H2,16,20)(H,17,19);1H. The molecule has 0 aliphatic carbocycles. The van der Waals surface area contributed by atoms with E-state index < -0.39 is 6.03 Å². The number of primary amides is 1. The van der Waals surface area contributed by atoms with E-state index in [0.29, 0.717) is 25.6 Å². The molecule has 0 aromatic rings. The third kappa shape index (κ3) is 6.09. The van der Waals surface area contributed by atoms with Crippen LogP contribution in [0.3, 0.4) is 0 Å². The fourth-order valence-electron chi connectivity index (χ4n) is 2.88. The highest BCUT2D eigenvalue weighted by molar-refractivity contribution is 5.85. The number of hydrogen-bond acceptors (Lipinski definition) is 3. The molecule has 7 heteroatoms. The van der Waals surface area contributed by atoms with E-state index in [2.05, 4.69) is 19.2 Å². The number of urea groups is 1. The summed E-state index contributed by atoms with van der Waals surface area (Å²) in [4.78, 5) is 25.1. The third-order valence-corrected chi connectivity index (χ3v) is 3.84. The summed E-state index contributed by atoms with van der Waals surface area (Å²) in [7, 11) is 0. The number of amides is 3. The molecule has 124 valence electrons. The van der Waals surface area contributed by atoms with Gasteiger partial charge in [-0.2, -0.15) is 0 Å². The average Bonchev–Trinajstić information content (AvgIpc) is 2.37. The zero-order valence-electron chi connectivity index (χ0n) is 13.2. The van der Waals surface area contributed by atoms with Crippen molar-refractivity contribution in [3.05, 3.63) is 0 Å². The Kier molecular flexibility index (Phi) is 8.03. The van der Waals surface area contributed by atoms with E-state index in [1.807, 2.05) is 6.92 Å². The highest BCUT2D eigenvalue weighted by atomic mass is 35.5. The van der Waals surface area contributed by atoms with Gasteiger partial charge in [-0.25, -0.2) is 4.79 Å². The molecular weight excluding hydrogens is 292 g/mol. The van der Waals surface area contributed by atoms with E-state index in [4.69, 9.17) is 11.5 Å². The molecule has 1 fully saturated rings. The van der Waals surface area contributed by atoms with Crippen molar-refractivity contribution in [2.24, 2.45) is 23.3 Å². The van der Waals surface area contributed by atoms with Gasteiger partial charge in [-0.3, -0.25) is 4.79 Å². The molecule has 0 aromatic heterocycles. The molecule has 0 radical (unpaired) electrons. The second-order valence-corrected chi connectivity index (χ2v) is 6.48. The first-order chi connectivity index (χ1) is 9.27. The lowest BCUT2D eigenvalue weighted by atomic mass is 9.89. The van der Waals surface area contributed by atoms with Gasteiger partial charge in [0.2, 0.25) is 5.91 Å². The Morgan fingerprint density at radius 3 is 2.52 bits per heavy atom. The van der Waals surface area contributed by atoms with Crippen LogP contribution in [0, 0.1) is 11.8 Å². The zero-order chi connectivity index (χ0) is 15.3. The Labute approximate surface area is 133 Å². The molecule has 0 saturated carbocycles. The number of piperidine rings is 1. The van der Waals surface area contributed by atoms with Gasteiger partial charge < -0.3 is 21.7 Å². The summed E-state index contributed by atoms with van der Waals surface area (Å²) in [6.07, 6.45) is 2.43. The summed E-state index contributed by atoms with van der Waals surface area (Å²) in [6.45, 7) is 7.64. The SMILES string of the molecule is CC(C)CC(C)(CN)NC(=O)C1CCCN(C(N)=O)C1.Cl. The van der Waals surface area contributed by atoms with Crippen molar-refractivity contribution in [1.29, 1.82) is 0 Å². The number of hydrogen-bond donors (Lipinski definition) is 3. The summed E-state index contributed by atoms with van der Waals surface area (Å²) in [5.41, 5.74) is 10.7. The normalized spacial score (nSPS) is 21.4. The average molecular weight is 321 g/mol. The maximum Gasteiger partial charge on any atom is 0.314 e. The van der Waals surface area contributed by atoms with Gasteiger partial charge in [0.15, 0.2) is 0 Å². The number of carbonyl (C=O) groups excluding carboxylic acids is 2. The van der Waals surface area contributed by atoms with Gasteiger partial charge >= 0.3 is 6.03 Å². The van der Waals surface area contributed by atoms with Crippen LogP contribution in [0.5, 0.6) is 0 Å². The molecule has 0 bridgehead atoms. The van der Waals surface area contributed by atoms with Crippen LogP contribution in [-0.4, -0.2) is 42.0 Å². The van der Waals surface area contributed by atoms with Crippen LogP contribution >= 0.6 is 12.4 Å². The molecule has 1 saturated heterocycles. The summed E-state index contributed by atoms with van der Waals surface area (Å²) in [6, 6.07) is -0.453. The largest absolute Gasteiger partial charge is 0.351 e. The lowest BCUT2D eigenvalue weighted by molar-refractivity contribution is -0.128. The van der Waals surface area contributed by atoms with Crippen LogP contribution in [0.15, 0.2) is 0 Å². The molecule has 3 amide bonds. The van der Waals surface area contributed by atoms with Crippen molar-refractivity contribution in [3.63, 3.8) is 0 Å². The first kappa shape index (κ1) is 20.0. The molecular formula is C14H29ClN4O2. The Morgan fingerprint density at radius 2 is 2.05 bits per heavy atom. The minimum atomic E-state index is -0.453. The lowest BCUT2D eigenvalue weighted by Crippen LogP contribution is -2.56. The van der Waals surface area contributed by atoms with Crippen LogP contribution in [0.4, 0.5) is 4.79 Å². The molecule has 1 rings (SSSR count). The van der Waals surface area contributed by atoms with E-state index >= 15 is 0 Å². The zero-order valence-corrected chi connectivity index (χ0v) is 14.0. The second kappa shape index (κ2) is 8.44. The highest BCUT2D eigenvalue weighted by Crippen LogP contribution is 2.20. The van der Waals surface area contributed by atoms with Crippen LogP contribution in [0.1, 0.15) is 40.0 Å². The quantitative estimate of drug-likeness (QED) is 0.706. The molecule has 1 aliphatic heterocycles. The van der Waals surface area contributed by atoms with Crippen molar-refractivity contribution in [3.8, 4) is 0 Å². The summed E-state index contributed by atoms with van der Waals surface area (Å²) in [5, 5.41) is 3.06. The molecule has 21 heavy (non-hydrogen) atoms. The number of nitrogens with two attached hydrogens (primary N) is 2. The summed E-state index contributed by atoms with van der Waals surface area (Å²) < 4.78 is 0. The molecule has 2 unspecified atom stereocenters. The second-order valence-electron chi connectivity index (χ2n) is 6.48. The van der Waals surface area contributed by atoms with Crippen LogP contribution in [-0.2, 0) is 4.79 Å². The molecule has 5 N–H and O–H groups in total. The van der Waals surface area contributed by atoms with Crippen molar-refractivity contribution < 1.29 is 9.59 Å². The molecule has 1 heterocycles. The van der Waals surface area contributed by atoms with Gasteiger partial charge in [-0.05, 0) is 32.1 Å². The summed E-state index contributed by atoms with van der Waals surface area (Å²) in [5.74, 6) is 0.246. The van der Waals surface area contributed by atoms with Crippen LogP contribution in [0.25, 0.3) is 0 Å². The predicted molar refractivity (Wildman–Crippen MR) is 86.2 cm³/mol. The van der Waals surface area contributed by atoms with Crippen molar-refractivity contribution in [2.75, 3.05) is 19.6 Å². The Hall–Kier alpha value is -1.01. The van der Waals surface area contributed by atoms with Crippen molar-refractivity contribution >= 4 is 24.3 Å². The van der Waals surface area contributed by atoms with Gasteiger partial charge in [0.1, 0.15) is 0 Å². The number of rotatable bonds is 5. The Balaban J connectivity index is 0.00000400. The lowest BCUT2D eigenvalue weighted by Gasteiger charge is -2.36. The summed E-state index contributed by atoms with van der Waals surface area (Å²) >= 11 is 0. The Bertz CT molecular complexity index is 365. The van der Waals surface area contributed by atoms with Crippen molar-refractivity contribution in [1.82, 2.24) is 10.2 Å². The smallest absolute Gasteiger partial charge is 0.314 e. The first-order valence-corrected chi connectivity index (χ1v) is 7.34. The number of likely N-dealkylation sites (tertiary alicyclic amines) is 1. The molecule has 6 nitrogen and oxygen atoms in total. The minimum absolute atomic E-state index is 0. The Morgan fingerprint density at radius 1 is 1.43 bits per heavy atom. The first-order valence-electron chi connectivity index (χ1n) is 7.34. The number of nitrogens with zero attached hydrogens (tertiary/aromatic N) is 1. The van der Waals surface area contributed by atoms with Crippen molar-refractivity contribution in [2.45, 2.75) is 45.6 Å². The minimum Gasteiger partial charge on any atom is -0.351 e. The van der Waals surface area contributed by atoms with Gasteiger partial charge in [-0.1, -0.05) is 13.8 Å². The topological polar surface area (TPSA) is 101 Å². The number of halogens is 1. The third-order valence-electron chi connectivity index (χ3n) is 3.84. The molecule has 0 spiro atoms. The fourth-order valence-corrected chi connectivity index (χ4v) is 2.88. The van der Waals surface area contributed by atoms with Gasteiger partial charge in [0, 0.05) is 25.2 Å². The van der Waals surface area contributed by atoms with Gasteiger partial charge in [-0.15, -0.1) is 12.4 Å².